The fraction of sp³-hybridized carbons (Fsp3) is 0.409. The summed E-state index contributed by atoms with van der Waals surface area (Å²) in [5, 5.41) is 33.3. The number of benzene rings is 1. The van der Waals surface area contributed by atoms with E-state index in [1.807, 2.05) is 13.8 Å². The molecule has 0 bridgehead atoms. The first kappa shape index (κ1) is 29.3. The van der Waals surface area contributed by atoms with Crippen molar-refractivity contribution in [3.05, 3.63) is 46.0 Å². The topological polar surface area (TPSA) is 152 Å². The van der Waals surface area contributed by atoms with E-state index in [0.717, 1.165) is 0 Å². The minimum Gasteiger partial charge on any atom is -0.422 e. The van der Waals surface area contributed by atoms with Crippen LogP contribution in [0.3, 0.4) is 0 Å². The van der Waals surface area contributed by atoms with Crippen LogP contribution in [0.2, 0.25) is 10.0 Å². The number of rotatable bonds is 12. The van der Waals surface area contributed by atoms with E-state index < -0.39 is 30.9 Å². The first-order valence-electron chi connectivity index (χ1n) is 10.6. The molecule has 34 heavy (non-hydrogen) atoms. The van der Waals surface area contributed by atoms with Crippen molar-refractivity contribution in [1.29, 1.82) is 5.26 Å². The molecule has 1 rings (SSSR count). The Morgan fingerprint density at radius 1 is 1.24 bits per heavy atom. The lowest BCUT2D eigenvalue weighted by Gasteiger charge is -2.17. The summed E-state index contributed by atoms with van der Waals surface area (Å²) in [7, 11) is -1.91. The van der Waals surface area contributed by atoms with E-state index in [9.17, 15) is 24.4 Å². The summed E-state index contributed by atoms with van der Waals surface area (Å²) in [4.78, 5) is 41.1. The lowest BCUT2D eigenvalue weighted by atomic mass is 9.78. The third kappa shape index (κ3) is 10.1. The third-order valence-corrected chi connectivity index (χ3v) is 5.12. The molecule has 1 atom stereocenters. The third-order valence-electron chi connectivity index (χ3n) is 4.56. The number of aliphatic imine (C=N–C) groups is 1. The largest absolute Gasteiger partial charge is 0.503 e. The van der Waals surface area contributed by atoms with Crippen LogP contribution in [0.15, 0.2) is 35.3 Å². The first-order chi connectivity index (χ1) is 16.0. The lowest BCUT2D eigenvalue weighted by molar-refractivity contribution is -0.120. The second-order valence-electron chi connectivity index (χ2n) is 7.91. The van der Waals surface area contributed by atoms with E-state index in [1.165, 1.54) is 18.2 Å². The predicted octanol–water partition coefficient (Wildman–Crippen LogP) is 2.48. The molecule has 0 aliphatic carbocycles. The van der Waals surface area contributed by atoms with Gasteiger partial charge in [-0.1, -0.05) is 43.6 Å². The SMILES string of the molecule is C=C(C#N)C(=O)NCCCC[C@H](NC(=O)c1cc(Cl)ccc1Cl)C(=O)/N=C(\CC(C)C)B(O)O. The van der Waals surface area contributed by atoms with Crippen molar-refractivity contribution in [2.24, 2.45) is 10.9 Å². The number of nitriles is 1. The van der Waals surface area contributed by atoms with Crippen LogP contribution < -0.4 is 10.6 Å². The van der Waals surface area contributed by atoms with Gasteiger partial charge in [0.25, 0.3) is 17.7 Å². The number of hydrogen-bond acceptors (Lipinski definition) is 6. The van der Waals surface area contributed by atoms with Gasteiger partial charge in [-0.15, -0.1) is 0 Å². The average molecular weight is 509 g/mol. The highest BCUT2D eigenvalue weighted by Gasteiger charge is 2.26. The number of carbonyl (C=O) groups is 3. The summed E-state index contributed by atoms with van der Waals surface area (Å²) in [5.74, 6) is -1.97. The van der Waals surface area contributed by atoms with Crippen molar-refractivity contribution < 1.29 is 24.4 Å². The molecule has 3 amide bonds. The van der Waals surface area contributed by atoms with Gasteiger partial charge in [-0.05, 0) is 49.8 Å². The molecular formula is C22H27BCl2N4O5. The van der Waals surface area contributed by atoms with E-state index in [1.54, 1.807) is 6.07 Å². The second kappa shape index (κ2) is 14.5. The first-order valence-corrected chi connectivity index (χ1v) is 11.3. The number of hydrogen-bond donors (Lipinski definition) is 4. The molecule has 1 aromatic carbocycles. The van der Waals surface area contributed by atoms with Gasteiger partial charge in [0.15, 0.2) is 0 Å². The summed E-state index contributed by atoms with van der Waals surface area (Å²) in [6.07, 6.45) is 1.17. The van der Waals surface area contributed by atoms with E-state index in [2.05, 4.69) is 22.2 Å². The number of nitrogens with zero attached hydrogens (tertiary/aromatic N) is 2. The molecule has 4 N–H and O–H groups in total. The molecule has 0 unspecified atom stereocenters. The standard InChI is InChI=1S/C22H27BCl2N4O5/c1-13(2)10-19(23(33)34)29-22(32)18(6-4-5-9-27-20(30)14(3)12-26)28-21(31)16-11-15(24)7-8-17(16)25/h7-8,11,13,18,33-34H,3-6,9-10H2,1-2H3,(H,27,30)(H,28,31)/b29-19+/t18-/m0/s1. The Bertz CT molecular complexity index is 992. The van der Waals surface area contributed by atoms with Crippen LogP contribution in [-0.2, 0) is 9.59 Å². The number of amides is 3. The molecule has 0 aliphatic rings. The zero-order valence-electron chi connectivity index (χ0n) is 19.0. The highest BCUT2D eigenvalue weighted by Crippen LogP contribution is 2.21. The van der Waals surface area contributed by atoms with Crippen molar-refractivity contribution in [3.63, 3.8) is 0 Å². The molecule has 9 nitrogen and oxygen atoms in total. The number of nitrogens with one attached hydrogen (secondary N) is 2. The fourth-order valence-corrected chi connectivity index (χ4v) is 3.22. The lowest BCUT2D eigenvalue weighted by Crippen LogP contribution is -2.41. The van der Waals surface area contributed by atoms with Crippen LogP contribution in [0.25, 0.3) is 0 Å². The zero-order valence-corrected chi connectivity index (χ0v) is 20.5. The molecule has 0 spiro atoms. The quantitative estimate of drug-likeness (QED) is 0.112. The smallest absolute Gasteiger partial charge is 0.422 e. The van der Waals surface area contributed by atoms with Gasteiger partial charge < -0.3 is 20.7 Å². The second-order valence-corrected chi connectivity index (χ2v) is 8.75. The molecule has 0 saturated heterocycles. The van der Waals surface area contributed by atoms with Crippen LogP contribution in [0.1, 0.15) is 49.9 Å². The maximum absolute atomic E-state index is 12.9. The van der Waals surface area contributed by atoms with Gasteiger partial charge in [0.1, 0.15) is 17.7 Å². The Morgan fingerprint density at radius 2 is 1.91 bits per heavy atom. The van der Waals surface area contributed by atoms with Crippen molar-refractivity contribution in [3.8, 4) is 6.07 Å². The molecule has 0 saturated carbocycles. The molecule has 182 valence electrons. The normalized spacial score (nSPS) is 12.0. The minimum atomic E-state index is -1.91. The van der Waals surface area contributed by atoms with E-state index in [0.29, 0.717) is 12.8 Å². The Morgan fingerprint density at radius 3 is 2.50 bits per heavy atom. The molecule has 0 aliphatic heterocycles. The van der Waals surface area contributed by atoms with Gasteiger partial charge >= 0.3 is 7.12 Å². The highest BCUT2D eigenvalue weighted by molar-refractivity contribution is 6.80. The van der Waals surface area contributed by atoms with Gasteiger partial charge in [0.05, 0.1) is 16.2 Å². The molecule has 0 radical (unpaired) electrons. The van der Waals surface area contributed by atoms with Gasteiger partial charge in [-0.25, -0.2) is 4.99 Å². The summed E-state index contributed by atoms with van der Waals surface area (Å²) < 4.78 is 0. The van der Waals surface area contributed by atoms with Crippen LogP contribution in [0.5, 0.6) is 0 Å². The predicted molar refractivity (Wildman–Crippen MR) is 131 cm³/mol. The summed E-state index contributed by atoms with van der Waals surface area (Å²) in [6, 6.07) is 4.90. The molecule has 1 aromatic rings. The summed E-state index contributed by atoms with van der Waals surface area (Å²) >= 11 is 12.0. The molecule has 12 heteroatoms. The zero-order chi connectivity index (χ0) is 25.8. The summed E-state index contributed by atoms with van der Waals surface area (Å²) in [5.41, 5.74) is -0.251. The van der Waals surface area contributed by atoms with Crippen molar-refractivity contribution in [2.75, 3.05) is 6.54 Å². The van der Waals surface area contributed by atoms with Crippen LogP contribution in [0, 0.1) is 17.2 Å². The fourth-order valence-electron chi connectivity index (χ4n) is 2.84. The van der Waals surface area contributed by atoms with Gasteiger partial charge in [-0.2, -0.15) is 5.26 Å². The van der Waals surface area contributed by atoms with Crippen LogP contribution >= 0.6 is 23.2 Å². The van der Waals surface area contributed by atoms with Gasteiger partial charge in [-0.3, -0.25) is 14.4 Å². The maximum atomic E-state index is 12.9. The number of unbranched alkanes of at least 4 members (excludes halogenated alkanes) is 1. The monoisotopic (exact) mass is 508 g/mol. The van der Waals surface area contributed by atoms with Crippen molar-refractivity contribution >= 4 is 53.7 Å². The molecule has 0 aromatic heterocycles. The van der Waals surface area contributed by atoms with Gasteiger partial charge in [0.2, 0.25) is 0 Å². The number of carbonyl (C=O) groups excluding carboxylic acids is 3. The molecular weight excluding hydrogens is 482 g/mol. The minimum absolute atomic E-state index is 0.0124. The Labute approximate surface area is 209 Å². The van der Waals surface area contributed by atoms with Crippen molar-refractivity contribution in [1.82, 2.24) is 10.6 Å². The van der Waals surface area contributed by atoms with Crippen LogP contribution in [0.4, 0.5) is 0 Å². The van der Waals surface area contributed by atoms with Gasteiger partial charge in [0, 0.05) is 11.6 Å². The Hall–Kier alpha value is -2.71. The highest BCUT2D eigenvalue weighted by atomic mass is 35.5. The number of halogens is 2. The Balaban J connectivity index is 2.97. The Kier molecular flexibility index (Phi) is 12.5. The molecule has 0 fully saturated rings. The average Bonchev–Trinajstić information content (AvgIpc) is 2.77. The van der Waals surface area contributed by atoms with E-state index in [-0.39, 0.29) is 52.1 Å². The van der Waals surface area contributed by atoms with Crippen LogP contribution in [-0.4, -0.2) is 53.1 Å². The maximum Gasteiger partial charge on any atom is 0.503 e. The molecule has 0 heterocycles. The van der Waals surface area contributed by atoms with E-state index in [4.69, 9.17) is 28.5 Å². The van der Waals surface area contributed by atoms with E-state index >= 15 is 0 Å². The van der Waals surface area contributed by atoms with Crippen molar-refractivity contribution in [2.45, 2.75) is 45.6 Å². The summed E-state index contributed by atoms with van der Waals surface area (Å²) in [6.45, 7) is 7.21.